The molecule has 1 spiro atoms. The van der Waals surface area contributed by atoms with E-state index in [1.807, 2.05) is 56.1 Å². The highest BCUT2D eigenvalue weighted by atomic mass is 16.5. The molecule has 7 nitrogen and oxygen atoms in total. The van der Waals surface area contributed by atoms with Gasteiger partial charge in [0.15, 0.2) is 5.78 Å². The monoisotopic (exact) mass is 472 g/mol. The molecule has 4 heterocycles. The Hall–Kier alpha value is -3.35. The standard InChI is InChI=1S/C28H32N4O3/c1-18-14-21-24(33)17-28(35-25(21)15-19(18)2)8-12-31(13-9-28)26(34)20-6-7-23-22(16-20)29-27(30(23)3)32-10-4-5-11-32/h6-7,14-16H,4-5,8-13,17H2,1-3H3. The number of aromatic nitrogens is 2. The first-order valence-corrected chi connectivity index (χ1v) is 12.7. The second-order valence-corrected chi connectivity index (χ2v) is 10.5. The highest BCUT2D eigenvalue weighted by Crippen LogP contribution is 2.40. The largest absolute Gasteiger partial charge is 0.486 e. The number of fused-ring (bicyclic) bond motifs is 2. The third-order valence-electron chi connectivity index (χ3n) is 8.16. The van der Waals surface area contributed by atoms with Crippen molar-refractivity contribution in [3.05, 3.63) is 52.6 Å². The summed E-state index contributed by atoms with van der Waals surface area (Å²) in [7, 11) is 2.04. The van der Waals surface area contributed by atoms with Gasteiger partial charge < -0.3 is 19.1 Å². The number of Topliss-reactive ketones (excluding diaryl/α,β-unsaturated/α-hetero) is 1. The van der Waals surface area contributed by atoms with E-state index in [2.05, 4.69) is 9.47 Å². The number of ether oxygens (including phenoxy) is 1. The van der Waals surface area contributed by atoms with Gasteiger partial charge in [0.05, 0.1) is 23.0 Å². The summed E-state index contributed by atoms with van der Waals surface area (Å²) in [4.78, 5) is 35.4. The van der Waals surface area contributed by atoms with Crippen LogP contribution < -0.4 is 9.64 Å². The Kier molecular flexibility index (Phi) is 5.13. The number of rotatable bonds is 2. The SMILES string of the molecule is Cc1cc2c(cc1C)C(=O)CC1(CCN(C(=O)c3ccc4c(c3)nc(N3CCCC3)n4C)CC1)O2. The van der Waals surface area contributed by atoms with Crippen molar-refractivity contribution >= 4 is 28.7 Å². The molecular weight excluding hydrogens is 440 g/mol. The van der Waals surface area contributed by atoms with E-state index in [0.29, 0.717) is 49.2 Å². The van der Waals surface area contributed by atoms with Crippen LogP contribution in [0.25, 0.3) is 11.0 Å². The third-order valence-corrected chi connectivity index (χ3v) is 8.16. The summed E-state index contributed by atoms with van der Waals surface area (Å²) in [5.74, 6) is 1.83. The molecule has 1 amide bonds. The molecule has 7 heteroatoms. The van der Waals surface area contributed by atoms with Crippen molar-refractivity contribution < 1.29 is 14.3 Å². The Balaban J connectivity index is 1.19. The first-order chi connectivity index (χ1) is 16.8. The lowest BCUT2D eigenvalue weighted by Gasteiger charge is -2.44. The minimum atomic E-state index is -0.516. The van der Waals surface area contributed by atoms with Crippen LogP contribution in [0.1, 0.15) is 63.9 Å². The maximum Gasteiger partial charge on any atom is 0.253 e. The van der Waals surface area contributed by atoms with Gasteiger partial charge in [-0.2, -0.15) is 0 Å². The van der Waals surface area contributed by atoms with Crippen molar-refractivity contribution in [2.45, 2.75) is 51.6 Å². The van der Waals surface area contributed by atoms with E-state index >= 15 is 0 Å². The quantitative estimate of drug-likeness (QED) is 0.552. The molecular formula is C28H32N4O3. The van der Waals surface area contributed by atoms with Gasteiger partial charge in [-0.3, -0.25) is 9.59 Å². The fourth-order valence-corrected chi connectivity index (χ4v) is 5.85. The van der Waals surface area contributed by atoms with Crippen LogP contribution in [0.3, 0.4) is 0 Å². The lowest BCUT2D eigenvalue weighted by atomic mass is 9.81. The first-order valence-electron chi connectivity index (χ1n) is 12.7. The van der Waals surface area contributed by atoms with Crippen LogP contribution in [0.5, 0.6) is 5.75 Å². The second-order valence-electron chi connectivity index (χ2n) is 10.5. The molecule has 0 bridgehead atoms. The Morgan fingerprint density at radius 3 is 2.46 bits per heavy atom. The zero-order valence-electron chi connectivity index (χ0n) is 20.8. The van der Waals surface area contributed by atoms with Crippen LogP contribution in [-0.4, -0.2) is 57.9 Å². The van der Waals surface area contributed by atoms with Gasteiger partial charge in [0.1, 0.15) is 11.4 Å². The second kappa shape index (κ2) is 8.11. The average Bonchev–Trinajstić information content (AvgIpc) is 3.48. The zero-order valence-corrected chi connectivity index (χ0v) is 20.8. The minimum Gasteiger partial charge on any atom is -0.486 e. The number of likely N-dealkylation sites (tertiary alicyclic amines) is 1. The third kappa shape index (κ3) is 3.68. The van der Waals surface area contributed by atoms with Crippen LogP contribution in [-0.2, 0) is 7.05 Å². The van der Waals surface area contributed by atoms with Crippen molar-refractivity contribution in [3.8, 4) is 5.75 Å². The summed E-state index contributed by atoms with van der Waals surface area (Å²) in [5.41, 5.74) is 4.97. The van der Waals surface area contributed by atoms with Crippen LogP contribution in [0.15, 0.2) is 30.3 Å². The molecule has 0 unspecified atom stereocenters. The molecule has 1 aromatic heterocycles. The van der Waals surface area contributed by atoms with Crippen molar-refractivity contribution in [2.24, 2.45) is 7.05 Å². The van der Waals surface area contributed by atoms with E-state index in [4.69, 9.17) is 9.72 Å². The van der Waals surface area contributed by atoms with Crippen molar-refractivity contribution in [3.63, 3.8) is 0 Å². The van der Waals surface area contributed by atoms with Gasteiger partial charge in [0.2, 0.25) is 5.95 Å². The van der Waals surface area contributed by atoms with E-state index in [9.17, 15) is 9.59 Å². The molecule has 3 aromatic rings. The molecule has 2 saturated heterocycles. The molecule has 0 atom stereocenters. The Bertz CT molecular complexity index is 1340. The fourth-order valence-electron chi connectivity index (χ4n) is 5.85. The summed E-state index contributed by atoms with van der Waals surface area (Å²) in [6.07, 6.45) is 4.08. The van der Waals surface area contributed by atoms with Crippen LogP contribution in [0, 0.1) is 13.8 Å². The molecule has 0 aliphatic carbocycles. The normalized spacial score (nSPS) is 19.3. The summed E-state index contributed by atoms with van der Waals surface area (Å²) < 4.78 is 8.57. The number of ketones is 1. The lowest BCUT2D eigenvalue weighted by molar-refractivity contribution is -0.00575. The highest BCUT2D eigenvalue weighted by molar-refractivity contribution is 6.01. The predicted octanol–water partition coefficient (Wildman–Crippen LogP) is 4.43. The van der Waals surface area contributed by atoms with Gasteiger partial charge in [0, 0.05) is 51.6 Å². The Morgan fingerprint density at radius 1 is 1.00 bits per heavy atom. The van der Waals surface area contributed by atoms with Crippen molar-refractivity contribution in [1.29, 1.82) is 0 Å². The number of amides is 1. The molecule has 35 heavy (non-hydrogen) atoms. The number of benzene rings is 2. The highest BCUT2D eigenvalue weighted by Gasteiger charge is 2.44. The maximum atomic E-state index is 13.4. The van der Waals surface area contributed by atoms with E-state index < -0.39 is 5.60 Å². The number of carbonyl (C=O) groups is 2. The minimum absolute atomic E-state index is 0.0177. The van der Waals surface area contributed by atoms with Gasteiger partial charge >= 0.3 is 0 Å². The van der Waals surface area contributed by atoms with Crippen LogP contribution in [0.4, 0.5) is 5.95 Å². The van der Waals surface area contributed by atoms with E-state index in [1.54, 1.807) is 0 Å². The van der Waals surface area contributed by atoms with Crippen LogP contribution in [0.2, 0.25) is 0 Å². The Labute approximate surface area is 205 Å². The molecule has 2 fully saturated rings. The number of imidazole rings is 1. The van der Waals surface area contributed by atoms with Gasteiger partial charge in [-0.05, 0) is 68.1 Å². The summed E-state index contributed by atoms with van der Waals surface area (Å²) in [6, 6.07) is 9.77. The molecule has 6 rings (SSSR count). The average molecular weight is 473 g/mol. The molecule has 0 radical (unpaired) electrons. The zero-order chi connectivity index (χ0) is 24.3. The summed E-state index contributed by atoms with van der Waals surface area (Å²) in [5, 5.41) is 0. The number of nitrogens with zero attached hydrogens (tertiary/aromatic N) is 4. The van der Waals surface area contributed by atoms with Crippen LogP contribution >= 0.6 is 0 Å². The first kappa shape index (κ1) is 22.1. The van der Waals surface area contributed by atoms with Crippen molar-refractivity contribution in [1.82, 2.24) is 14.5 Å². The number of piperidine rings is 1. The molecule has 3 aliphatic rings. The number of hydrogen-bond donors (Lipinski definition) is 0. The van der Waals surface area contributed by atoms with Gasteiger partial charge in [0.25, 0.3) is 5.91 Å². The number of aryl methyl sites for hydroxylation is 3. The molecule has 0 N–H and O–H groups in total. The topological polar surface area (TPSA) is 67.7 Å². The van der Waals surface area contributed by atoms with E-state index in [-0.39, 0.29) is 11.7 Å². The van der Waals surface area contributed by atoms with Gasteiger partial charge in [-0.1, -0.05) is 0 Å². The van der Waals surface area contributed by atoms with Crippen molar-refractivity contribution in [2.75, 3.05) is 31.1 Å². The molecule has 182 valence electrons. The molecule has 2 aromatic carbocycles. The molecule has 0 saturated carbocycles. The summed E-state index contributed by atoms with van der Waals surface area (Å²) >= 11 is 0. The maximum absolute atomic E-state index is 13.4. The number of hydrogen-bond acceptors (Lipinski definition) is 5. The molecule has 3 aliphatic heterocycles. The van der Waals surface area contributed by atoms with E-state index in [1.165, 1.54) is 12.8 Å². The fraction of sp³-hybridized carbons (Fsp3) is 0.464. The predicted molar refractivity (Wildman–Crippen MR) is 136 cm³/mol. The number of anilines is 1. The van der Waals surface area contributed by atoms with E-state index in [0.717, 1.165) is 41.2 Å². The Morgan fingerprint density at radius 2 is 1.71 bits per heavy atom. The smallest absolute Gasteiger partial charge is 0.253 e. The number of carbonyl (C=O) groups excluding carboxylic acids is 2. The van der Waals surface area contributed by atoms with Gasteiger partial charge in [-0.25, -0.2) is 4.98 Å². The van der Waals surface area contributed by atoms with Gasteiger partial charge in [-0.15, -0.1) is 0 Å². The summed E-state index contributed by atoms with van der Waals surface area (Å²) in [6.45, 7) is 7.28. The lowest BCUT2D eigenvalue weighted by Crippen LogP contribution is -2.52.